The lowest BCUT2D eigenvalue weighted by molar-refractivity contribution is 0.0368. The lowest BCUT2D eigenvalue weighted by Crippen LogP contribution is -2.27. The number of nitrogens with two attached hydrogens (primary N) is 1. The van der Waals surface area contributed by atoms with Crippen molar-refractivity contribution in [1.82, 2.24) is 15.0 Å². The summed E-state index contributed by atoms with van der Waals surface area (Å²) in [4.78, 5) is 32.3. The Morgan fingerprint density at radius 1 is 1.25 bits per heavy atom. The molecule has 3 rings (SSSR count). The quantitative estimate of drug-likeness (QED) is 0.533. The van der Waals surface area contributed by atoms with Crippen LogP contribution in [-0.2, 0) is 4.74 Å². The second kappa shape index (κ2) is 5.48. The third-order valence-electron chi connectivity index (χ3n) is 3.86. The number of ether oxygens (including phenoxy) is 1. The summed E-state index contributed by atoms with van der Waals surface area (Å²) in [7, 11) is 0. The summed E-state index contributed by atoms with van der Waals surface area (Å²) in [5, 5.41) is 1.20. The molecule has 0 radical (unpaired) electrons. The molecule has 0 aliphatic rings. The molecule has 1 amide bonds. The summed E-state index contributed by atoms with van der Waals surface area (Å²) in [6.07, 6.45) is -1.42. The number of aromatic nitrogens is 3. The maximum Gasteiger partial charge on any atom is 0.405 e. The minimum Gasteiger partial charge on any atom is -0.441 e. The molecule has 0 aliphatic carbocycles. The molecule has 24 heavy (non-hydrogen) atoms. The number of primary amides is 1. The summed E-state index contributed by atoms with van der Waals surface area (Å²) in [6, 6.07) is 5.49. The number of hydrogen-bond donors (Lipinski definition) is 4. The zero-order valence-corrected chi connectivity index (χ0v) is 14.3. The molecule has 2 heterocycles. The molecule has 0 bridgehead atoms. The van der Waals surface area contributed by atoms with Gasteiger partial charge in [0.2, 0.25) is 0 Å². The molecular weight excluding hydrogens is 328 g/mol. The molecule has 7 nitrogen and oxygen atoms in total. The van der Waals surface area contributed by atoms with Crippen LogP contribution < -0.4 is 11.3 Å². The van der Waals surface area contributed by atoms with Crippen LogP contribution in [0.3, 0.4) is 0 Å². The number of carbonyl (C=O) groups is 1. The molecule has 3 aromatic rings. The highest BCUT2D eigenvalue weighted by molar-refractivity contribution is 7.71. The van der Waals surface area contributed by atoms with E-state index in [2.05, 4.69) is 15.0 Å². The zero-order chi connectivity index (χ0) is 17.6. The van der Waals surface area contributed by atoms with Gasteiger partial charge in [-0.3, -0.25) is 9.78 Å². The van der Waals surface area contributed by atoms with E-state index in [1.807, 2.05) is 39.0 Å². The Morgan fingerprint density at radius 2 is 1.96 bits per heavy atom. The number of rotatable bonds is 2. The molecule has 8 heteroatoms. The van der Waals surface area contributed by atoms with Crippen LogP contribution in [0.15, 0.2) is 23.0 Å². The van der Waals surface area contributed by atoms with Gasteiger partial charge in [0, 0.05) is 16.4 Å². The van der Waals surface area contributed by atoms with Crippen LogP contribution in [0.2, 0.25) is 0 Å². The highest BCUT2D eigenvalue weighted by atomic mass is 32.1. The summed E-state index contributed by atoms with van der Waals surface area (Å²) in [5.74, 6) is 0. The average Bonchev–Trinajstić information content (AvgIpc) is 2.81. The Morgan fingerprint density at radius 3 is 2.58 bits per heavy atom. The second-order valence-corrected chi connectivity index (χ2v) is 7.14. The van der Waals surface area contributed by atoms with Crippen LogP contribution in [0.4, 0.5) is 4.79 Å². The van der Waals surface area contributed by atoms with Crippen molar-refractivity contribution >= 4 is 40.2 Å². The van der Waals surface area contributed by atoms with Crippen LogP contribution in [0, 0.1) is 10.2 Å². The number of carbonyl (C=O) groups excluding carboxylic acids is 1. The van der Waals surface area contributed by atoms with Crippen LogP contribution in [-0.4, -0.2) is 21.0 Å². The number of hydrogen-bond acceptors (Lipinski definition) is 4. The summed E-state index contributed by atoms with van der Waals surface area (Å²) >= 11 is 5.02. The first-order valence-corrected chi connectivity index (χ1v) is 7.82. The number of aromatic amines is 3. The first-order valence-electron chi connectivity index (χ1n) is 7.41. The van der Waals surface area contributed by atoms with Gasteiger partial charge in [0.25, 0.3) is 5.56 Å². The fourth-order valence-corrected chi connectivity index (χ4v) is 3.12. The molecule has 1 unspecified atom stereocenters. The first-order chi connectivity index (χ1) is 11.2. The van der Waals surface area contributed by atoms with Crippen molar-refractivity contribution < 1.29 is 9.53 Å². The molecule has 0 saturated carbocycles. The summed E-state index contributed by atoms with van der Waals surface area (Å²) < 4.78 is 5.60. The van der Waals surface area contributed by atoms with E-state index >= 15 is 0 Å². The smallest absolute Gasteiger partial charge is 0.405 e. The molecule has 126 valence electrons. The Balaban J connectivity index is 2.36. The SMILES string of the molecule is CC(C)(C)C(OC(N)=O)c1cccc2c1[nH]c1[nH]c(=S)[nH]c(=O)c12. The van der Waals surface area contributed by atoms with Gasteiger partial charge in [-0.2, -0.15) is 0 Å². The van der Waals surface area contributed by atoms with E-state index in [1.54, 1.807) is 0 Å². The Bertz CT molecular complexity index is 1060. The summed E-state index contributed by atoms with van der Waals surface area (Å²) in [6.45, 7) is 5.84. The molecule has 0 saturated heterocycles. The largest absolute Gasteiger partial charge is 0.441 e. The van der Waals surface area contributed by atoms with Gasteiger partial charge in [0.05, 0.1) is 10.9 Å². The first kappa shape index (κ1) is 16.3. The number of amides is 1. The van der Waals surface area contributed by atoms with Gasteiger partial charge in [-0.15, -0.1) is 0 Å². The van der Waals surface area contributed by atoms with E-state index in [4.69, 9.17) is 22.7 Å². The van der Waals surface area contributed by atoms with E-state index < -0.39 is 12.2 Å². The highest BCUT2D eigenvalue weighted by Crippen LogP contribution is 2.39. The third-order valence-corrected chi connectivity index (χ3v) is 4.07. The van der Waals surface area contributed by atoms with Crippen molar-refractivity contribution in [2.75, 3.05) is 0 Å². The molecule has 0 aliphatic heterocycles. The molecule has 1 aromatic carbocycles. The van der Waals surface area contributed by atoms with Gasteiger partial charge in [-0.05, 0) is 12.2 Å². The van der Waals surface area contributed by atoms with Gasteiger partial charge in [0.15, 0.2) is 4.77 Å². The van der Waals surface area contributed by atoms with Crippen LogP contribution in [0.1, 0.15) is 32.4 Å². The molecule has 0 spiro atoms. The van der Waals surface area contributed by atoms with Crippen molar-refractivity contribution in [3.05, 3.63) is 38.9 Å². The minimum absolute atomic E-state index is 0.237. The van der Waals surface area contributed by atoms with Crippen molar-refractivity contribution in [3.8, 4) is 0 Å². The van der Waals surface area contributed by atoms with Crippen molar-refractivity contribution in [2.24, 2.45) is 11.1 Å². The standard InChI is InChI=1S/C16H18N4O3S/c1-16(2,3)11(23-14(17)22)8-6-4-5-7-9-12(18-10(7)8)19-15(24)20-13(9)21/h4-6,11H,1-3H3,(H2,17,22)(H3,18,19,20,21,24). The Kier molecular flexibility index (Phi) is 3.71. The van der Waals surface area contributed by atoms with Crippen LogP contribution >= 0.6 is 12.2 Å². The highest BCUT2D eigenvalue weighted by Gasteiger charge is 2.31. The van der Waals surface area contributed by atoms with E-state index in [0.717, 1.165) is 10.9 Å². The number of benzene rings is 1. The lowest BCUT2D eigenvalue weighted by Gasteiger charge is -2.30. The summed E-state index contributed by atoms with van der Waals surface area (Å²) in [5.41, 5.74) is 6.55. The second-order valence-electron chi connectivity index (χ2n) is 6.74. The Hall–Kier alpha value is -2.61. The predicted octanol–water partition coefficient (Wildman–Crippen LogP) is 3.25. The van der Waals surface area contributed by atoms with Gasteiger partial charge in [0.1, 0.15) is 11.8 Å². The Labute approximate surface area is 142 Å². The van der Waals surface area contributed by atoms with E-state index in [1.165, 1.54) is 0 Å². The molecule has 5 N–H and O–H groups in total. The van der Waals surface area contributed by atoms with E-state index in [-0.39, 0.29) is 15.7 Å². The number of para-hydroxylation sites is 1. The van der Waals surface area contributed by atoms with E-state index in [0.29, 0.717) is 16.6 Å². The third kappa shape index (κ3) is 2.69. The van der Waals surface area contributed by atoms with Gasteiger partial charge in [-0.1, -0.05) is 39.0 Å². The maximum absolute atomic E-state index is 12.3. The van der Waals surface area contributed by atoms with Gasteiger partial charge >= 0.3 is 6.09 Å². The minimum atomic E-state index is -0.847. The number of nitrogens with one attached hydrogen (secondary N) is 3. The van der Waals surface area contributed by atoms with Crippen molar-refractivity contribution in [1.29, 1.82) is 0 Å². The molecule has 0 fully saturated rings. The molecule has 1 atom stereocenters. The fraction of sp³-hybridized carbons (Fsp3) is 0.312. The fourth-order valence-electron chi connectivity index (χ4n) is 2.92. The number of H-pyrrole nitrogens is 3. The van der Waals surface area contributed by atoms with E-state index in [9.17, 15) is 9.59 Å². The van der Waals surface area contributed by atoms with Crippen LogP contribution in [0.5, 0.6) is 0 Å². The lowest BCUT2D eigenvalue weighted by atomic mass is 9.84. The normalized spacial score (nSPS) is 13.3. The van der Waals surface area contributed by atoms with Gasteiger partial charge in [-0.25, -0.2) is 4.79 Å². The van der Waals surface area contributed by atoms with Crippen molar-refractivity contribution in [2.45, 2.75) is 26.9 Å². The van der Waals surface area contributed by atoms with Gasteiger partial charge < -0.3 is 20.4 Å². The predicted molar refractivity (Wildman–Crippen MR) is 94.5 cm³/mol. The zero-order valence-electron chi connectivity index (χ0n) is 13.5. The molecule has 2 aromatic heterocycles. The molecular formula is C16H18N4O3S. The van der Waals surface area contributed by atoms with Crippen LogP contribution in [0.25, 0.3) is 21.9 Å². The topological polar surface area (TPSA) is 117 Å². The monoisotopic (exact) mass is 346 g/mol. The van der Waals surface area contributed by atoms with Crippen molar-refractivity contribution in [3.63, 3.8) is 0 Å². The maximum atomic E-state index is 12.3. The number of fused-ring (bicyclic) bond motifs is 3. The average molecular weight is 346 g/mol.